The van der Waals surface area contributed by atoms with Crippen molar-refractivity contribution in [1.29, 1.82) is 0 Å². The molecule has 1 amide bonds. The summed E-state index contributed by atoms with van der Waals surface area (Å²) in [6.45, 7) is 2.02. The van der Waals surface area contributed by atoms with Crippen molar-refractivity contribution in [2.24, 2.45) is 12.0 Å². The van der Waals surface area contributed by atoms with Crippen molar-refractivity contribution in [2.75, 3.05) is 0 Å². The van der Waals surface area contributed by atoms with E-state index in [0.29, 0.717) is 4.80 Å². The molecule has 5 heteroatoms. The average molecular weight is 336 g/mol. The molecule has 24 heavy (non-hydrogen) atoms. The Balaban J connectivity index is 1.69. The smallest absolute Gasteiger partial charge is 0.252 e. The third-order valence-corrected chi connectivity index (χ3v) is 5.20. The third kappa shape index (κ3) is 2.57. The predicted molar refractivity (Wildman–Crippen MR) is 96.0 cm³/mol. The van der Waals surface area contributed by atoms with Crippen molar-refractivity contribution < 1.29 is 9.21 Å². The number of nitrogens with zero attached hydrogens (tertiary/aromatic N) is 2. The molecule has 0 N–H and O–H groups in total. The first-order valence-corrected chi connectivity index (χ1v) is 8.52. The van der Waals surface area contributed by atoms with Crippen molar-refractivity contribution >= 4 is 38.4 Å². The summed E-state index contributed by atoms with van der Waals surface area (Å²) in [5, 5.41) is 0.977. The Labute approximate surface area is 142 Å². The van der Waals surface area contributed by atoms with Gasteiger partial charge in [-0.2, -0.15) is 4.99 Å². The molecular weight excluding hydrogens is 320 g/mol. The molecular formula is C19H16N2O2S. The first kappa shape index (κ1) is 14.9. The SMILES string of the molecule is Cc1ccc2c(CC(=O)N=c3sc4ccccc4n3C)coc2c1. The molecule has 0 aliphatic carbocycles. The fourth-order valence-corrected chi connectivity index (χ4v) is 3.86. The number of carbonyl (C=O) groups excluding carboxylic acids is 1. The maximum atomic E-state index is 12.4. The quantitative estimate of drug-likeness (QED) is 0.556. The lowest BCUT2D eigenvalue weighted by atomic mass is 10.1. The van der Waals surface area contributed by atoms with E-state index in [1.165, 1.54) is 11.3 Å². The van der Waals surface area contributed by atoms with Crippen LogP contribution >= 0.6 is 11.3 Å². The highest BCUT2D eigenvalue weighted by molar-refractivity contribution is 7.16. The van der Waals surface area contributed by atoms with Crippen molar-refractivity contribution in [3.8, 4) is 0 Å². The summed E-state index contributed by atoms with van der Waals surface area (Å²) in [6, 6.07) is 14.0. The van der Waals surface area contributed by atoms with Gasteiger partial charge in [0.05, 0.1) is 22.9 Å². The molecule has 0 spiro atoms. The van der Waals surface area contributed by atoms with E-state index < -0.39 is 0 Å². The van der Waals surface area contributed by atoms with Gasteiger partial charge in [-0.3, -0.25) is 4.79 Å². The fraction of sp³-hybridized carbons (Fsp3) is 0.158. The van der Waals surface area contributed by atoms with Gasteiger partial charge >= 0.3 is 0 Å². The maximum Gasteiger partial charge on any atom is 0.252 e. The Morgan fingerprint density at radius 2 is 2.08 bits per heavy atom. The van der Waals surface area contributed by atoms with Crippen molar-refractivity contribution in [3.05, 3.63) is 64.7 Å². The minimum Gasteiger partial charge on any atom is -0.464 e. The number of hydrogen-bond acceptors (Lipinski definition) is 3. The summed E-state index contributed by atoms with van der Waals surface area (Å²) in [4.78, 5) is 17.4. The van der Waals surface area contributed by atoms with E-state index in [-0.39, 0.29) is 12.3 Å². The van der Waals surface area contributed by atoms with Gasteiger partial charge in [0.2, 0.25) is 0 Å². The molecule has 0 saturated heterocycles. The summed E-state index contributed by atoms with van der Waals surface area (Å²) in [6.07, 6.45) is 1.90. The van der Waals surface area contributed by atoms with Crippen LogP contribution in [0.15, 0.2) is 58.1 Å². The Morgan fingerprint density at radius 3 is 2.92 bits per heavy atom. The van der Waals surface area contributed by atoms with Crippen LogP contribution in [0.25, 0.3) is 21.2 Å². The molecule has 4 nitrogen and oxygen atoms in total. The van der Waals surface area contributed by atoms with Crippen LogP contribution in [0.4, 0.5) is 0 Å². The van der Waals surface area contributed by atoms with E-state index in [1.807, 2.05) is 61.0 Å². The molecule has 4 aromatic rings. The third-order valence-electron chi connectivity index (χ3n) is 4.09. The second kappa shape index (κ2) is 5.76. The highest BCUT2D eigenvalue weighted by Gasteiger charge is 2.11. The van der Waals surface area contributed by atoms with Crippen LogP contribution in [0.1, 0.15) is 11.1 Å². The van der Waals surface area contributed by atoms with E-state index in [2.05, 4.69) is 4.99 Å². The molecule has 0 aliphatic rings. The van der Waals surface area contributed by atoms with Gasteiger partial charge in [-0.15, -0.1) is 0 Å². The van der Waals surface area contributed by atoms with E-state index in [4.69, 9.17) is 4.42 Å². The zero-order valence-electron chi connectivity index (χ0n) is 13.4. The van der Waals surface area contributed by atoms with Gasteiger partial charge in [0.25, 0.3) is 5.91 Å². The first-order chi connectivity index (χ1) is 11.6. The number of aryl methyl sites for hydroxylation is 2. The molecule has 0 radical (unpaired) electrons. The van der Waals surface area contributed by atoms with Crippen LogP contribution in [0.2, 0.25) is 0 Å². The summed E-state index contributed by atoms with van der Waals surface area (Å²) >= 11 is 1.52. The van der Waals surface area contributed by atoms with Gasteiger partial charge in [-0.25, -0.2) is 0 Å². The van der Waals surface area contributed by atoms with Gasteiger partial charge in [0.15, 0.2) is 4.80 Å². The number of benzene rings is 2. The fourth-order valence-electron chi connectivity index (χ4n) is 2.82. The standard InChI is InChI=1S/C19H16N2O2S/c1-12-7-8-14-13(11-23-16(14)9-12)10-18(22)20-19-21(2)15-5-3-4-6-17(15)24-19/h3-9,11H,10H2,1-2H3. The van der Waals surface area contributed by atoms with E-state index in [0.717, 1.165) is 32.3 Å². The molecule has 2 aromatic heterocycles. The van der Waals surface area contributed by atoms with Crippen molar-refractivity contribution in [2.45, 2.75) is 13.3 Å². The minimum atomic E-state index is -0.166. The highest BCUT2D eigenvalue weighted by atomic mass is 32.1. The Morgan fingerprint density at radius 1 is 1.25 bits per heavy atom. The van der Waals surface area contributed by atoms with E-state index in [9.17, 15) is 4.79 Å². The van der Waals surface area contributed by atoms with Gasteiger partial charge < -0.3 is 8.98 Å². The van der Waals surface area contributed by atoms with Crippen LogP contribution in [0, 0.1) is 6.92 Å². The van der Waals surface area contributed by atoms with Gasteiger partial charge in [0, 0.05) is 18.0 Å². The molecule has 2 aromatic carbocycles. The zero-order chi connectivity index (χ0) is 16.7. The number of aromatic nitrogens is 1. The van der Waals surface area contributed by atoms with Crippen LogP contribution in [0.5, 0.6) is 0 Å². The molecule has 0 bridgehead atoms. The molecule has 2 heterocycles. The lowest BCUT2D eigenvalue weighted by Gasteiger charge is -1.96. The van der Waals surface area contributed by atoms with Crippen LogP contribution < -0.4 is 4.80 Å². The predicted octanol–water partition coefficient (Wildman–Crippen LogP) is 3.96. The number of para-hydroxylation sites is 1. The van der Waals surface area contributed by atoms with Crippen LogP contribution in [-0.4, -0.2) is 10.5 Å². The summed E-state index contributed by atoms with van der Waals surface area (Å²) in [5.41, 5.74) is 3.91. The molecule has 0 aliphatic heterocycles. The van der Waals surface area contributed by atoms with E-state index in [1.54, 1.807) is 6.26 Å². The minimum absolute atomic E-state index is 0.166. The summed E-state index contributed by atoms with van der Waals surface area (Å²) in [7, 11) is 1.93. The number of amides is 1. The largest absolute Gasteiger partial charge is 0.464 e. The number of hydrogen-bond donors (Lipinski definition) is 0. The maximum absolute atomic E-state index is 12.4. The Kier molecular flexibility index (Phi) is 3.58. The number of carbonyl (C=O) groups is 1. The van der Waals surface area contributed by atoms with Gasteiger partial charge in [0.1, 0.15) is 5.58 Å². The first-order valence-electron chi connectivity index (χ1n) is 7.71. The Bertz CT molecular complexity index is 1130. The molecule has 120 valence electrons. The monoisotopic (exact) mass is 336 g/mol. The number of thiazole rings is 1. The lowest BCUT2D eigenvalue weighted by molar-refractivity contribution is -0.117. The number of furan rings is 1. The normalized spacial score (nSPS) is 12.3. The van der Waals surface area contributed by atoms with Crippen molar-refractivity contribution in [1.82, 2.24) is 4.57 Å². The molecule has 0 atom stereocenters. The average Bonchev–Trinajstić information content (AvgIpc) is 3.09. The highest BCUT2D eigenvalue weighted by Crippen LogP contribution is 2.23. The lowest BCUT2D eigenvalue weighted by Crippen LogP contribution is -2.14. The van der Waals surface area contributed by atoms with Gasteiger partial charge in [-0.05, 0) is 30.7 Å². The second-order valence-corrected chi connectivity index (χ2v) is 6.86. The second-order valence-electron chi connectivity index (χ2n) is 5.85. The van der Waals surface area contributed by atoms with Gasteiger partial charge in [-0.1, -0.05) is 35.6 Å². The molecule has 0 saturated carbocycles. The number of fused-ring (bicyclic) bond motifs is 2. The van der Waals surface area contributed by atoms with Crippen molar-refractivity contribution in [3.63, 3.8) is 0 Å². The topological polar surface area (TPSA) is 47.5 Å². The Hall–Kier alpha value is -2.66. The van der Waals surface area contributed by atoms with Crippen LogP contribution in [-0.2, 0) is 18.3 Å². The summed E-state index contributed by atoms with van der Waals surface area (Å²) in [5.74, 6) is -0.166. The molecule has 0 unspecified atom stereocenters. The zero-order valence-corrected chi connectivity index (χ0v) is 14.3. The molecule has 4 rings (SSSR count). The van der Waals surface area contributed by atoms with E-state index >= 15 is 0 Å². The summed E-state index contributed by atoms with van der Waals surface area (Å²) < 4.78 is 8.63. The number of rotatable bonds is 2. The molecule has 0 fully saturated rings. The van der Waals surface area contributed by atoms with Crippen LogP contribution in [0.3, 0.4) is 0 Å².